The summed E-state index contributed by atoms with van der Waals surface area (Å²) in [5.41, 5.74) is 2.67. The number of halogens is 2. The highest BCUT2D eigenvalue weighted by atomic mass is 35.5. The molecular weight excluding hydrogens is 383 g/mol. The molecule has 4 rings (SSSR count). The maximum absolute atomic E-state index is 14.6. The first-order valence-electron chi connectivity index (χ1n) is 8.59. The third-order valence-electron chi connectivity index (χ3n) is 4.85. The molecule has 3 aromatic rings. The second kappa shape index (κ2) is 7.43. The molecule has 1 aliphatic heterocycles. The second-order valence-electron chi connectivity index (χ2n) is 6.55. The van der Waals surface area contributed by atoms with Gasteiger partial charge in [-0.1, -0.05) is 29.8 Å². The predicted molar refractivity (Wildman–Crippen MR) is 107 cm³/mol. The first-order valence-corrected chi connectivity index (χ1v) is 9.79. The van der Waals surface area contributed by atoms with E-state index in [1.807, 2.05) is 36.2 Å². The van der Waals surface area contributed by atoms with Crippen molar-refractivity contribution in [2.45, 2.75) is 12.0 Å². The average molecular weight is 401 g/mol. The van der Waals surface area contributed by atoms with Crippen molar-refractivity contribution in [3.63, 3.8) is 0 Å². The van der Waals surface area contributed by atoms with Gasteiger partial charge >= 0.3 is 0 Å². The van der Waals surface area contributed by atoms with Gasteiger partial charge in [-0.05, 0) is 35.9 Å². The lowest BCUT2D eigenvalue weighted by molar-refractivity contribution is 0.210. The molecule has 2 atom stereocenters. The Kier molecular flexibility index (Phi) is 5.00. The van der Waals surface area contributed by atoms with Crippen molar-refractivity contribution < 1.29 is 9.50 Å². The molecule has 138 valence electrons. The number of aliphatic hydroxyl groups excluding tert-OH is 1. The van der Waals surface area contributed by atoms with Crippen LogP contribution in [0.15, 0.2) is 66.5 Å². The summed E-state index contributed by atoms with van der Waals surface area (Å²) in [5.74, 6) is -0.377. The van der Waals surface area contributed by atoms with Crippen molar-refractivity contribution in [3.05, 3.63) is 92.7 Å². The Bertz CT molecular complexity index is 989. The van der Waals surface area contributed by atoms with Crippen molar-refractivity contribution in [1.29, 1.82) is 0 Å². The molecule has 1 aromatic carbocycles. The van der Waals surface area contributed by atoms with Crippen LogP contribution in [0.5, 0.6) is 0 Å². The Labute approximate surface area is 166 Å². The number of likely N-dealkylation sites (N-methyl/N-ethyl adjacent to an activating group) is 1. The highest BCUT2D eigenvalue weighted by Crippen LogP contribution is 2.47. The zero-order valence-electron chi connectivity index (χ0n) is 14.6. The van der Waals surface area contributed by atoms with Gasteiger partial charge in [0.25, 0.3) is 0 Å². The summed E-state index contributed by atoms with van der Waals surface area (Å²) in [4.78, 5) is 7.18. The maximum Gasteiger partial charge on any atom is 0.132 e. The molecule has 6 heteroatoms. The van der Waals surface area contributed by atoms with Crippen LogP contribution >= 0.6 is 22.9 Å². The van der Waals surface area contributed by atoms with Gasteiger partial charge in [-0.2, -0.15) is 0 Å². The highest BCUT2D eigenvalue weighted by Gasteiger charge is 2.37. The molecular formula is C21H18ClFN2OS. The van der Waals surface area contributed by atoms with Gasteiger partial charge in [0.15, 0.2) is 0 Å². The van der Waals surface area contributed by atoms with Crippen LogP contribution in [0.25, 0.3) is 5.70 Å². The van der Waals surface area contributed by atoms with E-state index in [-0.39, 0.29) is 11.7 Å². The van der Waals surface area contributed by atoms with Crippen LogP contribution in [0, 0.1) is 5.82 Å². The van der Waals surface area contributed by atoms with E-state index >= 15 is 0 Å². The Morgan fingerprint density at radius 2 is 2.04 bits per heavy atom. The number of hydrogen-bond acceptors (Lipinski definition) is 4. The number of aromatic nitrogens is 1. The summed E-state index contributed by atoms with van der Waals surface area (Å²) in [5, 5.41) is 11.2. The van der Waals surface area contributed by atoms with Gasteiger partial charge in [-0.15, -0.1) is 11.3 Å². The number of rotatable bonds is 4. The van der Waals surface area contributed by atoms with Gasteiger partial charge in [0.2, 0.25) is 0 Å². The van der Waals surface area contributed by atoms with E-state index in [1.54, 1.807) is 30.6 Å². The van der Waals surface area contributed by atoms with Crippen molar-refractivity contribution in [1.82, 2.24) is 9.88 Å². The van der Waals surface area contributed by atoms with E-state index in [1.165, 1.54) is 17.4 Å². The van der Waals surface area contributed by atoms with E-state index in [9.17, 15) is 9.50 Å². The average Bonchev–Trinajstić information content (AvgIpc) is 3.25. The largest absolute Gasteiger partial charge is 0.384 e. The molecule has 2 aromatic heterocycles. The van der Waals surface area contributed by atoms with E-state index in [0.717, 1.165) is 16.1 Å². The summed E-state index contributed by atoms with van der Waals surface area (Å²) in [6.45, 7) is 0.646. The van der Waals surface area contributed by atoms with E-state index in [2.05, 4.69) is 4.98 Å². The van der Waals surface area contributed by atoms with Crippen molar-refractivity contribution in [2.24, 2.45) is 0 Å². The molecule has 0 spiro atoms. The Morgan fingerprint density at radius 1 is 1.22 bits per heavy atom. The molecule has 27 heavy (non-hydrogen) atoms. The monoisotopic (exact) mass is 400 g/mol. The van der Waals surface area contributed by atoms with Gasteiger partial charge in [-0.25, -0.2) is 4.39 Å². The Hall–Kier alpha value is -2.21. The Morgan fingerprint density at radius 3 is 2.70 bits per heavy atom. The summed E-state index contributed by atoms with van der Waals surface area (Å²) in [6.07, 6.45) is 2.43. The number of benzene rings is 1. The van der Waals surface area contributed by atoms with Gasteiger partial charge in [0.1, 0.15) is 11.9 Å². The third kappa shape index (κ3) is 3.38. The third-order valence-corrected chi connectivity index (χ3v) is 6.19. The number of nitrogens with zero attached hydrogens (tertiary/aromatic N) is 2. The molecule has 1 N–H and O–H groups in total. The number of aliphatic hydroxyl groups is 1. The molecule has 0 saturated carbocycles. The minimum Gasteiger partial charge on any atom is -0.384 e. The zero-order chi connectivity index (χ0) is 19.0. The van der Waals surface area contributed by atoms with E-state index in [4.69, 9.17) is 11.6 Å². The van der Waals surface area contributed by atoms with Crippen LogP contribution in [-0.2, 0) is 0 Å². The fraction of sp³-hybridized carbons (Fsp3) is 0.190. The minimum absolute atomic E-state index is 0.0719. The fourth-order valence-corrected chi connectivity index (χ4v) is 4.83. The fourth-order valence-electron chi connectivity index (χ4n) is 3.66. The quantitative estimate of drug-likeness (QED) is 0.661. The highest BCUT2D eigenvalue weighted by molar-refractivity contribution is 7.16. The number of pyridine rings is 1. The lowest BCUT2D eigenvalue weighted by Gasteiger charge is -2.20. The second-order valence-corrected chi connectivity index (χ2v) is 8.29. The molecule has 0 aliphatic carbocycles. The van der Waals surface area contributed by atoms with Crippen LogP contribution in [0.3, 0.4) is 0 Å². The first kappa shape index (κ1) is 18.2. The van der Waals surface area contributed by atoms with E-state index < -0.39 is 6.10 Å². The molecule has 0 bridgehead atoms. The summed E-state index contributed by atoms with van der Waals surface area (Å²) in [7, 11) is 1.92. The topological polar surface area (TPSA) is 36.4 Å². The van der Waals surface area contributed by atoms with Crippen LogP contribution in [0.1, 0.15) is 28.0 Å². The van der Waals surface area contributed by atoms with Gasteiger partial charge in [0.05, 0.1) is 4.34 Å². The SMILES string of the molecule is CN1CC(c2ccc(Cl)s2)C(C(O)c2cccnc2)=C1c1ccccc1F. The van der Waals surface area contributed by atoms with Crippen LogP contribution in [0.2, 0.25) is 4.34 Å². The molecule has 0 fully saturated rings. The summed E-state index contributed by atoms with van der Waals surface area (Å²) < 4.78 is 15.3. The molecule has 0 amide bonds. The van der Waals surface area contributed by atoms with Crippen molar-refractivity contribution in [3.8, 4) is 0 Å². The molecule has 0 saturated heterocycles. The molecule has 2 unspecified atom stereocenters. The Balaban J connectivity index is 1.91. The van der Waals surface area contributed by atoms with E-state index in [0.29, 0.717) is 22.0 Å². The van der Waals surface area contributed by atoms with Crippen molar-refractivity contribution in [2.75, 3.05) is 13.6 Å². The summed E-state index contributed by atoms with van der Waals surface area (Å²) in [6, 6.07) is 14.1. The molecule has 0 radical (unpaired) electrons. The number of thiophene rings is 1. The van der Waals surface area contributed by atoms with Gasteiger partial charge < -0.3 is 10.0 Å². The molecule has 3 heterocycles. The minimum atomic E-state index is -0.885. The normalized spacial score (nSPS) is 18.2. The zero-order valence-corrected chi connectivity index (χ0v) is 16.2. The lowest BCUT2D eigenvalue weighted by Crippen LogP contribution is -2.15. The van der Waals surface area contributed by atoms with Gasteiger partial charge in [0, 0.05) is 53.6 Å². The predicted octanol–water partition coefficient (Wildman–Crippen LogP) is 5.11. The lowest BCUT2D eigenvalue weighted by atomic mass is 9.89. The van der Waals surface area contributed by atoms with Gasteiger partial charge in [-0.3, -0.25) is 4.98 Å². The molecule has 1 aliphatic rings. The van der Waals surface area contributed by atoms with Crippen molar-refractivity contribution >= 4 is 28.6 Å². The standard InChI is InChI=1S/C21H18ClFN2OS/c1-25-12-15(17-8-9-18(22)27-17)19(21(26)13-5-4-10-24-11-13)20(25)14-6-2-3-7-16(14)23/h2-11,15,21,26H,12H2,1H3. The van der Waals surface area contributed by atoms with Crippen LogP contribution in [0.4, 0.5) is 4.39 Å². The van der Waals surface area contributed by atoms with Crippen LogP contribution in [-0.4, -0.2) is 28.6 Å². The number of hydrogen-bond donors (Lipinski definition) is 1. The summed E-state index contributed by atoms with van der Waals surface area (Å²) >= 11 is 7.64. The molecule has 3 nitrogen and oxygen atoms in total. The maximum atomic E-state index is 14.6. The smallest absolute Gasteiger partial charge is 0.132 e. The van der Waals surface area contributed by atoms with Crippen LogP contribution < -0.4 is 0 Å². The first-order chi connectivity index (χ1) is 13.1.